The normalized spacial score (nSPS) is 16.8. The SMILES string of the molecule is CC(Nc1ccc(C#N)n(C)c1=O)c1cc2cc(Cl)c(OCC3CCCCN3)cc2[nH]c1=O. The molecule has 2 unspecified atom stereocenters. The molecule has 172 valence electrons. The number of aromatic amines is 1. The average Bonchev–Trinajstić information content (AvgIpc) is 2.81. The molecule has 1 aliphatic rings. The summed E-state index contributed by atoms with van der Waals surface area (Å²) in [6.45, 7) is 3.31. The lowest BCUT2D eigenvalue weighted by atomic mass is 10.1. The lowest BCUT2D eigenvalue weighted by Gasteiger charge is -2.23. The smallest absolute Gasteiger partial charge is 0.274 e. The topological polar surface area (TPSA) is 112 Å². The van der Waals surface area contributed by atoms with Gasteiger partial charge >= 0.3 is 0 Å². The number of halogens is 1. The van der Waals surface area contributed by atoms with E-state index in [1.165, 1.54) is 24.5 Å². The Bertz CT molecular complexity index is 1330. The second kappa shape index (κ2) is 9.69. The maximum atomic E-state index is 12.8. The number of H-pyrrole nitrogens is 1. The highest BCUT2D eigenvalue weighted by Crippen LogP contribution is 2.30. The summed E-state index contributed by atoms with van der Waals surface area (Å²) in [5.41, 5.74) is 1.05. The number of benzene rings is 1. The van der Waals surface area contributed by atoms with E-state index in [1.54, 1.807) is 37.3 Å². The largest absolute Gasteiger partial charge is 0.490 e. The van der Waals surface area contributed by atoms with Crippen molar-refractivity contribution in [1.82, 2.24) is 14.9 Å². The van der Waals surface area contributed by atoms with Gasteiger partial charge in [-0.25, -0.2) is 0 Å². The van der Waals surface area contributed by atoms with Gasteiger partial charge in [0.15, 0.2) is 0 Å². The molecule has 1 aromatic carbocycles. The van der Waals surface area contributed by atoms with Crippen LogP contribution in [-0.2, 0) is 7.05 Å². The Morgan fingerprint density at radius 2 is 2.12 bits per heavy atom. The van der Waals surface area contributed by atoms with Crippen molar-refractivity contribution in [3.05, 3.63) is 67.3 Å². The van der Waals surface area contributed by atoms with Crippen molar-refractivity contribution in [3.8, 4) is 11.8 Å². The molecule has 3 heterocycles. The van der Waals surface area contributed by atoms with Crippen LogP contribution >= 0.6 is 11.6 Å². The molecule has 3 aromatic rings. The molecule has 2 aromatic heterocycles. The van der Waals surface area contributed by atoms with Gasteiger partial charge in [-0.1, -0.05) is 18.0 Å². The first-order valence-corrected chi connectivity index (χ1v) is 11.3. The Morgan fingerprint density at radius 3 is 2.85 bits per heavy atom. The van der Waals surface area contributed by atoms with Crippen molar-refractivity contribution in [1.29, 1.82) is 5.26 Å². The third-order valence-electron chi connectivity index (χ3n) is 6.04. The van der Waals surface area contributed by atoms with Gasteiger partial charge in [0.1, 0.15) is 29.8 Å². The lowest BCUT2D eigenvalue weighted by Crippen LogP contribution is -2.38. The maximum Gasteiger partial charge on any atom is 0.274 e. The van der Waals surface area contributed by atoms with E-state index in [-0.39, 0.29) is 16.8 Å². The van der Waals surface area contributed by atoms with Crippen LogP contribution in [0.25, 0.3) is 10.9 Å². The molecule has 3 N–H and O–H groups in total. The molecule has 0 bridgehead atoms. The second-order valence-corrected chi connectivity index (χ2v) is 8.76. The number of ether oxygens (including phenoxy) is 1. The van der Waals surface area contributed by atoms with E-state index in [2.05, 4.69) is 15.6 Å². The van der Waals surface area contributed by atoms with E-state index < -0.39 is 6.04 Å². The molecule has 33 heavy (non-hydrogen) atoms. The zero-order valence-electron chi connectivity index (χ0n) is 18.6. The number of anilines is 1. The number of nitriles is 1. The monoisotopic (exact) mass is 467 g/mol. The molecule has 1 aliphatic heterocycles. The van der Waals surface area contributed by atoms with Gasteiger partial charge in [0.25, 0.3) is 11.1 Å². The number of pyridine rings is 2. The third-order valence-corrected chi connectivity index (χ3v) is 6.33. The highest BCUT2D eigenvalue weighted by atomic mass is 35.5. The predicted molar refractivity (Wildman–Crippen MR) is 129 cm³/mol. The summed E-state index contributed by atoms with van der Waals surface area (Å²) in [5.74, 6) is 0.534. The summed E-state index contributed by atoms with van der Waals surface area (Å²) >= 11 is 6.47. The van der Waals surface area contributed by atoms with Crippen molar-refractivity contribution < 1.29 is 4.74 Å². The van der Waals surface area contributed by atoms with Crippen molar-refractivity contribution in [2.24, 2.45) is 7.05 Å². The molecule has 1 saturated heterocycles. The fourth-order valence-electron chi connectivity index (χ4n) is 4.08. The molecular weight excluding hydrogens is 442 g/mol. The third kappa shape index (κ3) is 4.90. The Kier molecular flexibility index (Phi) is 6.72. The lowest BCUT2D eigenvalue weighted by molar-refractivity contribution is 0.239. The number of hydrogen-bond acceptors (Lipinski definition) is 6. The zero-order valence-corrected chi connectivity index (χ0v) is 19.3. The molecule has 0 amide bonds. The Labute approximate surface area is 196 Å². The van der Waals surface area contributed by atoms with Crippen LogP contribution in [0.1, 0.15) is 43.5 Å². The first-order chi connectivity index (χ1) is 15.9. The number of hydrogen-bond donors (Lipinski definition) is 3. The first kappa shape index (κ1) is 22.9. The fraction of sp³-hybridized carbons (Fsp3) is 0.375. The predicted octanol–water partition coefficient (Wildman–Crippen LogP) is 3.45. The van der Waals surface area contributed by atoms with Gasteiger partial charge in [-0.2, -0.15) is 5.26 Å². The van der Waals surface area contributed by atoms with Gasteiger partial charge in [0.2, 0.25) is 0 Å². The van der Waals surface area contributed by atoms with Crippen LogP contribution in [-0.4, -0.2) is 28.7 Å². The van der Waals surface area contributed by atoms with E-state index in [4.69, 9.17) is 21.6 Å². The minimum atomic E-state index is -0.453. The average molecular weight is 468 g/mol. The van der Waals surface area contributed by atoms with Crippen LogP contribution in [0.3, 0.4) is 0 Å². The van der Waals surface area contributed by atoms with Gasteiger partial charge in [0.05, 0.1) is 16.6 Å². The maximum absolute atomic E-state index is 12.8. The molecule has 0 spiro atoms. The van der Waals surface area contributed by atoms with Crippen LogP contribution in [0.15, 0.2) is 39.9 Å². The van der Waals surface area contributed by atoms with Gasteiger partial charge < -0.3 is 24.9 Å². The summed E-state index contributed by atoms with van der Waals surface area (Å²) in [6.07, 6.45) is 3.44. The summed E-state index contributed by atoms with van der Waals surface area (Å²) in [7, 11) is 1.53. The minimum absolute atomic E-state index is 0.258. The zero-order chi connectivity index (χ0) is 23.5. The highest BCUT2D eigenvalue weighted by Gasteiger charge is 2.17. The van der Waals surface area contributed by atoms with E-state index in [1.807, 2.05) is 6.07 Å². The minimum Gasteiger partial charge on any atom is -0.490 e. The second-order valence-electron chi connectivity index (χ2n) is 8.36. The molecule has 1 fully saturated rings. The highest BCUT2D eigenvalue weighted by molar-refractivity contribution is 6.32. The summed E-state index contributed by atoms with van der Waals surface area (Å²) in [5, 5.41) is 16.8. The van der Waals surface area contributed by atoms with E-state index in [0.29, 0.717) is 40.2 Å². The Morgan fingerprint density at radius 1 is 1.30 bits per heavy atom. The van der Waals surface area contributed by atoms with Crippen molar-refractivity contribution in [2.75, 3.05) is 18.5 Å². The molecule has 0 aliphatic carbocycles. The van der Waals surface area contributed by atoms with Crippen LogP contribution in [0.2, 0.25) is 5.02 Å². The molecule has 2 atom stereocenters. The summed E-state index contributed by atoms with van der Waals surface area (Å²) in [6, 6.07) is 10.2. The van der Waals surface area contributed by atoms with Crippen LogP contribution in [0.5, 0.6) is 5.75 Å². The van der Waals surface area contributed by atoms with Crippen LogP contribution < -0.4 is 26.5 Å². The van der Waals surface area contributed by atoms with E-state index in [9.17, 15) is 9.59 Å². The van der Waals surface area contributed by atoms with Gasteiger partial charge in [-0.05, 0) is 50.6 Å². The number of fused-ring (bicyclic) bond motifs is 1. The molecule has 4 rings (SSSR count). The van der Waals surface area contributed by atoms with Crippen molar-refractivity contribution in [3.63, 3.8) is 0 Å². The molecule has 0 saturated carbocycles. The van der Waals surface area contributed by atoms with Crippen molar-refractivity contribution in [2.45, 2.75) is 38.3 Å². The van der Waals surface area contributed by atoms with E-state index in [0.717, 1.165) is 18.4 Å². The van der Waals surface area contributed by atoms with Gasteiger partial charge in [0, 0.05) is 30.1 Å². The number of piperidine rings is 1. The molecule has 8 nitrogen and oxygen atoms in total. The quantitative estimate of drug-likeness (QED) is 0.512. The number of nitrogens with zero attached hydrogens (tertiary/aromatic N) is 2. The molecular formula is C24H26ClN5O3. The number of rotatable bonds is 6. The molecule has 9 heteroatoms. The first-order valence-electron chi connectivity index (χ1n) is 11.0. The fourth-order valence-corrected chi connectivity index (χ4v) is 4.31. The van der Waals surface area contributed by atoms with Crippen LogP contribution in [0, 0.1) is 11.3 Å². The summed E-state index contributed by atoms with van der Waals surface area (Å²) < 4.78 is 7.20. The number of aromatic nitrogens is 2. The number of nitrogens with one attached hydrogen (secondary N) is 3. The van der Waals surface area contributed by atoms with E-state index >= 15 is 0 Å². The Hall–Kier alpha value is -3.28. The molecule has 0 radical (unpaired) electrons. The van der Waals surface area contributed by atoms with Gasteiger partial charge in [-0.15, -0.1) is 0 Å². The summed E-state index contributed by atoms with van der Waals surface area (Å²) in [4.78, 5) is 28.2. The van der Waals surface area contributed by atoms with Gasteiger partial charge in [-0.3, -0.25) is 9.59 Å². The van der Waals surface area contributed by atoms with Crippen molar-refractivity contribution >= 4 is 28.2 Å². The standard InChI is InChI=1S/C24H26ClN5O3/c1-14(28-20-7-6-17(12-26)30(2)24(20)32)18-9-15-10-19(25)22(11-21(15)29-23(18)31)33-13-16-5-3-4-8-27-16/h6-7,9-11,14,16,27-28H,3-5,8,13H2,1-2H3,(H,29,31). The Balaban J connectivity index is 1.57. The van der Waals surface area contributed by atoms with Crippen LogP contribution in [0.4, 0.5) is 5.69 Å².